The van der Waals surface area contributed by atoms with E-state index in [2.05, 4.69) is 5.43 Å². The van der Waals surface area contributed by atoms with E-state index < -0.39 is 11.8 Å². The Balaban J connectivity index is 1.97. The monoisotopic (exact) mass is 328 g/mol. The number of amides is 2. The van der Waals surface area contributed by atoms with Crippen molar-refractivity contribution in [2.75, 3.05) is 5.01 Å². The van der Waals surface area contributed by atoms with E-state index in [1.54, 1.807) is 24.3 Å². The molecule has 1 saturated heterocycles. The van der Waals surface area contributed by atoms with Gasteiger partial charge in [-0.3, -0.25) is 20.4 Å². The van der Waals surface area contributed by atoms with Crippen LogP contribution in [0.2, 0.25) is 0 Å². The molecule has 1 aromatic carbocycles. The number of hydrazine groups is 1. The maximum Gasteiger partial charge on any atom is 0.284 e. The number of carbonyl (C=O) groups is 2. The number of carbonyl (C=O) groups excluding carboxylic acids is 2. The van der Waals surface area contributed by atoms with Gasteiger partial charge in [-0.25, -0.2) is 5.01 Å². The van der Waals surface area contributed by atoms with Crippen LogP contribution in [0.25, 0.3) is 0 Å². The topological polar surface area (TPSA) is 97.1 Å². The normalized spacial score (nSPS) is 21.5. The molecule has 0 radical (unpaired) electrons. The van der Waals surface area contributed by atoms with Crippen LogP contribution >= 0.6 is 23.5 Å². The summed E-state index contributed by atoms with van der Waals surface area (Å²) in [7, 11) is 0. The number of para-hydroxylation sites is 1. The number of thioether (sulfide) groups is 2. The van der Waals surface area contributed by atoms with E-state index in [1.807, 2.05) is 12.1 Å². The van der Waals surface area contributed by atoms with Crippen LogP contribution in [-0.2, 0) is 9.59 Å². The van der Waals surface area contributed by atoms with E-state index >= 15 is 0 Å². The van der Waals surface area contributed by atoms with Crippen LogP contribution in [0.3, 0.4) is 0 Å². The van der Waals surface area contributed by atoms with E-state index in [0.717, 1.165) is 23.5 Å². The van der Waals surface area contributed by atoms with Gasteiger partial charge < -0.3 is 0 Å². The molecule has 3 rings (SSSR count). The number of rotatable bonds is 1. The number of anilines is 1. The summed E-state index contributed by atoms with van der Waals surface area (Å²) in [5.41, 5.74) is 3.30. The van der Waals surface area contributed by atoms with Crippen molar-refractivity contribution in [2.45, 2.75) is 0 Å². The zero-order valence-electron chi connectivity index (χ0n) is 11.0. The van der Waals surface area contributed by atoms with Crippen molar-refractivity contribution in [3.05, 3.63) is 51.1 Å². The summed E-state index contributed by atoms with van der Waals surface area (Å²) in [6.45, 7) is 0. The first-order valence-corrected chi connectivity index (χ1v) is 7.80. The third-order valence-corrected chi connectivity index (χ3v) is 5.04. The van der Waals surface area contributed by atoms with Gasteiger partial charge in [-0.15, -0.1) is 0 Å². The molecule has 6 nitrogen and oxygen atoms in total. The minimum absolute atomic E-state index is 0.00292. The molecule has 2 heterocycles. The van der Waals surface area contributed by atoms with Gasteiger partial charge in [-0.05, 0) is 17.5 Å². The number of benzene rings is 1. The van der Waals surface area contributed by atoms with E-state index in [1.165, 1.54) is 10.4 Å². The van der Waals surface area contributed by atoms with E-state index in [-0.39, 0.29) is 16.2 Å². The van der Waals surface area contributed by atoms with Crippen molar-refractivity contribution < 1.29 is 9.59 Å². The second kappa shape index (κ2) is 5.71. The average Bonchev–Trinajstić information content (AvgIpc) is 2.83. The first kappa shape index (κ1) is 14.4. The van der Waals surface area contributed by atoms with E-state index in [4.69, 9.17) is 10.7 Å². The Morgan fingerprint density at radius 2 is 1.95 bits per heavy atom. The molecule has 0 spiro atoms. The third kappa shape index (κ3) is 2.41. The summed E-state index contributed by atoms with van der Waals surface area (Å²) in [6.07, 6.45) is 0. The van der Waals surface area contributed by atoms with Gasteiger partial charge in [0.15, 0.2) is 0 Å². The standard InChI is InChI=1S/C14H8N4O2S2/c15-6-8-7-21-14(22-11(8)16)10-12(19)17-18(13(10)20)9-4-2-1-3-5-9/h1-5,7,16H,(H,17,19)/b14-10+,16-11?. The Morgan fingerprint density at radius 3 is 2.59 bits per heavy atom. The predicted molar refractivity (Wildman–Crippen MR) is 85.7 cm³/mol. The maximum atomic E-state index is 12.5. The zero-order chi connectivity index (χ0) is 15.7. The molecule has 22 heavy (non-hydrogen) atoms. The van der Waals surface area contributed by atoms with Crippen molar-refractivity contribution in [3.8, 4) is 6.07 Å². The summed E-state index contributed by atoms with van der Waals surface area (Å²) in [6, 6.07) is 10.7. The van der Waals surface area contributed by atoms with Gasteiger partial charge in [-0.2, -0.15) is 5.26 Å². The number of nitriles is 1. The highest BCUT2D eigenvalue weighted by Crippen LogP contribution is 2.41. The van der Waals surface area contributed by atoms with E-state index in [9.17, 15) is 9.59 Å². The SMILES string of the molecule is N#CC1=CS/C(=C2/C(=O)NN(c3ccccc3)C2=O)SC1=N. The summed E-state index contributed by atoms with van der Waals surface area (Å²) in [5.74, 6) is -0.974. The quantitative estimate of drug-likeness (QED) is 0.608. The first-order valence-electron chi connectivity index (χ1n) is 6.10. The largest absolute Gasteiger partial charge is 0.292 e. The Labute approximate surface area is 134 Å². The second-order valence-electron chi connectivity index (χ2n) is 4.27. The van der Waals surface area contributed by atoms with Crippen LogP contribution in [0.1, 0.15) is 0 Å². The van der Waals surface area contributed by atoms with Crippen molar-refractivity contribution in [1.29, 1.82) is 10.7 Å². The summed E-state index contributed by atoms with van der Waals surface area (Å²) < 4.78 is 0.407. The molecule has 0 unspecified atom stereocenters. The van der Waals surface area contributed by atoms with Crippen LogP contribution in [0.5, 0.6) is 0 Å². The van der Waals surface area contributed by atoms with Crippen LogP contribution < -0.4 is 10.4 Å². The maximum absolute atomic E-state index is 12.5. The zero-order valence-corrected chi connectivity index (χ0v) is 12.6. The molecule has 2 N–H and O–H groups in total. The van der Waals surface area contributed by atoms with Gasteiger partial charge in [0, 0.05) is 0 Å². The summed E-state index contributed by atoms with van der Waals surface area (Å²) in [5, 5.41) is 19.3. The lowest BCUT2D eigenvalue weighted by molar-refractivity contribution is -0.117. The van der Waals surface area contributed by atoms with Crippen LogP contribution in [0.4, 0.5) is 5.69 Å². The molecule has 0 bridgehead atoms. The van der Waals surface area contributed by atoms with Gasteiger partial charge >= 0.3 is 0 Å². The fourth-order valence-electron chi connectivity index (χ4n) is 1.88. The van der Waals surface area contributed by atoms with Gasteiger partial charge in [0.25, 0.3) is 11.8 Å². The molecular weight excluding hydrogens is 320 g/mol. The Kier molecular flexibility index (Phi) is 3.75. The van der Waals surface area contributed by atoms with Gasteiger partial charge in [0.05, 0.1) is 15.5 Å². The molecule has 1 aromatic rings. The lowest BCUT2D eigenvalue weighted by Gasteiger charge is -2.14. The van der Waals surface area contributed by atoms with E-state index in [0.29, 0.717) is 9.92 Å². The molecule has 2 amide bonds. The smallest absolute Gasteiger partial charge is 0.284 e. The minimum atomic E-state index is -0.509. The van der Waals surface area contributed by atoms with Gasteiger partial charge in [0.2, 0.25) is 0 Å². The number of hydrogen-bond acceptors (Lipinski definition) is 6. The predicted octanol–water partition coefficient (Wildman–Crippen LogP) is 2.14. The van der Waals surface area contributed by atoms with Crippen LogP contribution in [-0.4, -0.2) is 16.9 Å². The first-order chi connectivity index (χ1) is 10.6. The Bertz CT molecular complexity index is 793. The molecule has 0 atom stereocenters. The second-order valence-corrected chi connectivity index (χ2v) is 6.43. The minimum Gasteiger partial charge on any atom is -0.292 e. The highest BCUT2D eigenvalue weighted by Gasteiger charge is 2.38. The molecule has 8 heteroatoms. The highest BCUT2D eigenvalue weighted by atomic mass is 32.2. The van der Waals surface area contributed by atoms with Crippen molar-refractivity contribution in [1.82, 2.24) is 5.43 Å². The molecule has 0 aliphatic carbocycles. The van der Waals surface area contributed by atoms with Gasteiger partial charge in [0.1, 0.15) is 16.7 Å². The molecule has 1 fully saturated rings. The average molecular weight is 328 g/mol. The number of nitrogens with one attached hydrogen (secondary N) is 2. The highest BCUT2D eigenvalue weighted by molar-refractivity contribution is 8.31. The number of hydrogen-bond donors (Lipinski definition) is 2. The molecular formula is C14H8N4O2S2. The molecule has 0 saturated carbocycles. The van der Waals surface area contributed by atoms with Crippen molar-refractivity contribution >= 4 is 46.1 Å². The third-order valence-electron chi connectivity index (χ3n) is 2.92. The van der Waals surface area contributed by atoms with Crippen molar-refractivity contribution in [3.63, 3.8) is 0 Å². The van der Waals surface area contributed by atoms with Crippen LogP contribution in [0, 0.1) is 16.7 Å². The molecule has 0 aromatic heterocycles. The summed E-state index contributed by atoms with van der Waals surface area (Å²) in [4.78, 5) is 24.6. The van der Waals surface area contributed by atoms with Gasteiger partial charge in [-0.1, -0.05) is 41.7 Å². The fraction of sp³-hybridized carbons (Fsp3) is 0. The van der Waals surface area contributed by atoms with Crippen molar-refractivity contribution in [2.24, 2.45) is 0 Å². The Hall–Kier alpha value is -2.50. The molecule has 2 aliphatic rings. The molecule has 2 aliphatic heterocycles. The fourth-order valence-corrected chi connectivity index (χ4v) is 3.92. The Morgan fingerprint density at radius 1 is 1.23 bits per heavy atom. The lowest BCUT2D eigenvalue weighted by Crippen LogP contribution is -2.35. The molecule has 108 valence electrons. The number of nitrogens with zero attached hydrogens (tertiary/aromatic N) is 2. The van der Waals surface area contributed by atoms with Crippen LogP contribution in [0.15, 0.2) is 51.1 Å². The summed E-state index contributed by atoms with van der Waals surface area (Å²) >= 11 is 2.06. The lowest BCUT2D eigenvalue weighted by atomic mass is 10.2.